The van der Waals surface area contributed by atoms with E-state index in [1.807, 2.05) is 12.1 Å². The Kier molecular flexibility index (Phi) is 9.38. The minimum Gasteiger partial charge on any atom is -0.493 e. The second kappa shape index (κ2) is 12.2. The number of guanidine groups is 1. The number of hydrogen-bond donors (Lipinski definition) is 2. The molecule has 0 spiro atoms. The molecule has 2 aromatic rings. The van der Waals surface area contributed by atoms with Gasteiger partial charge in [0.2, 0.25) is 0 Å². The van der Waals surface area contributed by atoms with Crippen LogP contribution in [0.25, 0.3) is 0 Å². The van der Waals surface area contributed by atoms with Gasteiger partial charge in [0, 0.05) is 38.1 Å². The predicted molar refractivity (Wildman–Crippen MR) is 131 cm³/mol. The molecular weight excluding hydrogens is 507 g/mol. The maximum Gasteiger partial charge on any atom is 0.191 e. The summed E-state index contributed by atoms with van der Waals surface area (Å²) < 4.78 is 13.8. The van der Waals surface area contributed by atoms with Crippen molar-refractivity contribution < 1.29 is 9.47 Å². The van der Waals surface area contributed by atoms with Crippen LogP contribution in [0.3, 0.4) is 0 Å². The second-order valence-electron chi connectivity index (χ2n) is 7.77. The van der Waals surface area contributed by atoms with Gasteiger partial charge in [-0.15, -0.1) is 34.2 Å². The summed E-state index contributed by atoms with van der Waals surface area (Å²) in [4.78, 5) is 4.86. The van der Waals surface area contributed by atoms with E-state index in [1.165, 1.54) is 12.0 Å². The number of aliphatic imine (C=N–C) groups is 1. The second-order valence-corrected chi connectivity index (χ2v) is 7.77. The fourth-order valence-electron chi connectivity index (χ4n) is 3.99. The lowest BCUT2D eigenvalue weighted by Gasteiger charge is -2.28. The van der Waals surface area contributed by atoms with Crippen LogP contribution in [-0.2, 0) is 17.7 Å². The lowest BCUT2D eigenvalue weighted by molar-refractivity contribution is 0.0224. The number of para-hydroxylation sites is 1. The van der Waals surface area contributed by atoms with Gasteiger partial charge in [0.15, 0.2) is 5.96 Å². The van der Waals surface area contributed by atoms with E-state index in [1.54, 1.807) is 6.33 Å². The third kappa shape index (κ3) is 6.55. The van der Waals surface area contributed by atoms with Crippen LogP contribution in [0.1, 0.15) is 50.0 Å². The summed E-state index contributed by atoms with van der Waals surface area (Å²) in [5.74, 6) is 2.77. The van der Waals surface area contributed by atoms with Crippen LogP contribution < -0.4 is 15.4 Å². The zero-order chi connectivity index (χ0) is 20.6. The number of benzene rings is 1. The SMILES string of the molecule is CCc1nncn1CCNC(=NCC1CCCCO1)NC1CCOc2ccccc21.I. The summed E-state index contributed by atoms with van der Waals surface area (Å²) in [6.45, 7) is 5.85. The molecule has 1 aromatic heterocycles. The lowest BCUT2D eigenvalue weighted by atomic mass is 10.0. The standard InChI is InChI=1S/C22H32N6O2.HI/c1-2-21-27-25-16-28(21)12-11-23-22(24-15-17-7-5-6-13-29-17)26-19-10-14-30-20-9-4-3-8-18(19)20;/h3-4,8-9,16-17,19H,2,5-7,10-15H2,1H3,(H2,23,24,26);1H. The highest BCUT2D eigenvalue weighted by Crippen LogP contribution is 2.31. The summed E-state index contributed by atoms with van der Waals surface area (Å²) in [7, 11) is 0. The molecule has 1 fully saturated rings. The molecule has 9 heteroatoms. The molecule has 2 atom stereocenters. The van der Waals surface area contributed by atoms with Gasteiger partial charge in [0.25, 0.3) is 0 Å². The predicted octanol–water partition coefficient (Wildman–Crippen LogP) is 3.09. The summed E-state index contributed by atoms with van der Waals surface area (Å²) in [6.07, 6.45) is 7.23. The Morgan fingerprint density at radius 2 is 2.13 bits per heavy atom. The van der Waals surface area contributed by atoms with E-state index in [0.717, 1.165) is 62.9 Å². The number of rotatable bonds is 7. The van der Waals surface area contributed by atoms with Gasteiger partial charge < -0.3 is 24.7 Å². The zero-order valence-corrected chi connectivity index (χ0v) is 20.5. The molecule has 2 N–H and O–H groups in total. The van der Waals surface area contributed by atoms with Gasteiger partial charge in [-0.3, -0.25) is 4.99 Å². The van der Waals surface area contributed by atoms with Crippen LogP contribution in [0.15, 0.2) is 35.6 Å². The van der Waals surface area contributed by atoms with E-state index in [2.05, 4.69) is 44.5 Å². The maximum atomic E-state index is 5.86. The molecule has 0 saturated carbocycles. The first-order valence-electron chi connectivity index (χ1n) is 11.1. The molecule has 170 valence electrons. The van der Waals surface area contributed by atoms with Crippen LogP contribution >= 0.6 is 24.0 Å². The van der Waals surface area contributed by atoms with Crippen molar-refractivity contribution in [3.63, 3.8) is 0 Å². The van der Waals surface area contributed by atoms with Crippen LogP contribution in [0, 0.1) is 0 Å². The van der Waals surface area contributed by atoms with Crippen LogP contribution in [0.2, 0.25) is 0 Å². The van der Waals surface area contributed by atoms with E-state index < -0.39 is 0 Å². The Balaban J connectivity index is 0.00000272. The molecule has 8 nitrogen and oxygen atoms in total. The molecule has 0 bridgehead atoms. The number of hydrogen-bond acceptors (Lipinski definition) is 5. The van der Waals surface area contributed by atoms with E-state index >= 15 is 0 Å². The Morgan fingerprint density at radius 1 is 1.23 bits per heavy atom. The molecule has 0 aliphatic carbocycles. The van der Waals surface area contributed by atoms with Gasteiger partial charge in [-0.05, 0) is 25.3 Å². The normalized spacial score (nSPS) is 20.9. The van der Waals surface area contributed by atoms with Crippen molar-refractivity contribution in [2.75, 3.05) is 26.3 Å². The highest BCUT2D eigenvalue weighted by atomic mass is 127. The molecule has 0 radical (unpaired) electrons. The number of ether oxygens (including phenoxy) is 2. The van der Waals surface area contributed by atoms with Crippen LogP contribution in [0.4, 0.5) is 0 Å². The quantitative estimate of drug-likeness (QED) is 0.319. The third-order valence-corrected chi connectivity index (χ3v) is 5.65. The number of nitrogens with one attached hydrogen (secondary N) is 2. The van der Waals surface area contributed by atoms with Crippen molar-refractivity contribution >= 4 is 29.9 Å². The minimum absolute atomic E-state index is 0. The first kappa shape index (κ1) is 23.8. The summed E-state index contributed by atoms with van der Waals surface area (Å²) >= 11 is 0. The van der Waals surface area contributed by atoms with Gasteiger partial charge in [-0.25, -0.2) is 0 Å². The average molecular weight is 540 g/mol. The molecule has 31 heavy (non-hydrogen) atoms. The smallest absolute Gasteiger partial charge is 0.191 e. The fourth-order valence-corrected chi connectivity index (χ4v) is 3.99. The van der Waals surface area contributed by atoms with Gasteiger partial charge in [-0.2, -0.15) is 0 Å². The van der Waals surface area contributed by atoms with E-state index in [0.29, 0.717) is 13.2 Å². The van der Waals surface area contributed by atoms with Crippen molar-refractivity contribution in [3.05, 3.63) is 42.0 Å². The molecule has 2 unspecified atom stereocenters. The number of nitrogens with zero attached hydrogens (tertiary/aromatic N) is 4. The van der Waals surface area contributed by atoms with Gasteiger partial charge >= 0.3 is 0 Å². The highest BCUT2D eigenvalue weighted by Gasteiger charge is 2.22. The topological polar surface area (TPSA) is 85.6 Å². The largest absolute Gasteiger partial charge is 0.493 e. The molecule has 1 aromatic carbocycles. The minimum atomic E-state index is 0. The number of halogens is 1. The van der Waals surface area contributed by atoms with Gasteiger partial charge in [-0.1, -0.05) is 25.1 Å². The molecule has 3 heterocycles. The first-order chi connectivity index (χ1) is 14.8. The molecule has 2 aliphatic rings. The summed E-state index contributed by atoms with van der Waals surface area (Å²) in [6, 6.07) is 8.40. The fraction of sp³-hybridized carbons (Fsp3) is 0.591. The third-order valence-electron chi connectivity index (χ3n) is 5.65. The summed E-state index contributed by atoms with van der Waals surface area (Å²) in [5, 5.41) is 15.3. The highest BCUT2D eigenvalue weighted by molar-refractivity contribution is 14.0. The molecule has 0 amide bonds. The maximum absolute atomic E-state index is 5.86. The van der Waals surface area contributed by atoms with E-state index in [-0.39, 0.29) is 36.1 Å². The molecule has 4 rings (SSSR count). The van der Waals surface area contributed by atoms with Crippen molar-refractivity contribution in [1.29, 1.82) is 0 Å². The number of aryl methyl sites for hydroxylation is 1. The van der Waals surface area contributed by atoms with Gasteiger partial charge in [0.1, 0.15) is 17.9 Å². The number of aromatic nitrogens is 3. The molecular formula is C22H33IN6O2. The lowest BCUT2D eigenvalue weighted by Crippen LogP contribution is -2.43. The van der Waals surface area contributed by atoms with Crippen LogP contribution in [-0.4, -0.2) is 53.1 Å². The monoisotopic (exact) mass is 540 g/mol. The Labute approximate surface area is 201 Å². The van der Waals surface area contributed by atoms with Crippen molar-refractivity contribution in [2.24, 2.45) is 4.99 Å². The Hall–Kier alpha value is -1.88. The molecule has 1 saturated heterocycles. The first-order valence-corrected chi connectivity index (χ1v) is 11.1. The van der Waals surface area contributed by atoms with Crippen molar-refractivity contribution in [2.45, 2.75) is 57.7 Å². The van der Waals surface area contributed by atoms with Crippen molar-refractivity contribution in [3.8, 4) is 5.75 Å². The zero-order valence-electron chi connectivity index (χ0n) is 18.1. The molecule has 2 aliphatic heterocycles. The average Bonchev–Trinajstić information content (AvgIpc) is 3.26. The van der Waals surface area contributed by atoms with Gasteiger partial charge in [0.05, 0.1) is 25.3 Å². The van der Waals surface area contributed by atoms with Crippen LogP contribution in [0.5, 0.6) is 5.75 Å². The van der Waals surface area contributed by atoms with Crippen molar-refractivity contribution in [1.82, 2.24) is 25.4 Å². The summed E-state index contributed by atoms with van der Waals surface area (Å²) in [5.41, 5.74) is 1.18. The van der Waals surface area contributed by atoms with E-state index in [4.69, 9.17) is 14.5 Å². The Morgan fingerprint density at radius 3 is 2.97 bits per heavy atom. The number of fused-ring (bicyclic) bond motifs is 1. The van der Waals surface area contributed by atoms with E-state index in [9.17, 15) is 0 Å². The Bertz CT molecular complexity index is 837.